The first-order valence-electron chi connectivity index (χ1n) is 12.4. The summed E-state index contributed by atoms with van der Waals surface area (Å²) in [6, 6.07) is 19.3. The zero-order valence-electron chi connectivity index (χ0n) is 18.8. The highest BCUT2D eigenvalue weighted by atomic mass is 16.6. The minimum atomic E-state index is -0.0401. The smallest absolute Gasteiger partial charge is 0.106 e. The molecule has 1 atom stereocenters. The molecule has 0 spiro atoms. The summed E-state index contributed by atoms with van der Waals surface area (Å²) < 4.78 is 18.7. The zero-order chi connectivity index (χ0) is 21.1. The average molecular weight is 423 g/mol. The Labute approximate surface area is 188 Å². The molecule has 3 nitrogen and oxygen atoms in total. The summed E-state index contributed by atoms with van der Waals surface area (Å²) in [6.45, 7) is 1.92. The van der Waals surface area contributed by atoms with E-state index in [4.69, 9.17) is 14.2 Å². The lowest BCUT2D eigenvalue weighted by Crippen LogP contribution is -2.23. The third kappa shape index (κ3) is 7.17. The Bertz CT molecular complexity index is 731. The number of ether oxygens (including phenoxy) is 3. The van der Waals surface area contributed by atoms with Gasteiger partial charge in [-0.1, -0.05) is 93.1 Å². The van der Waals surface area contributed by atoms with Crippen molar-refractivity contribution in [3.8, 4) is 11.1 Å². The van der Waals surface area contributed by atoms with Crippen LogP contribution < -0.4 is 0 Å². The Morgan fingerprint density at radius 2 is 1.19 bits per heavy atom. The zero-order valence-corrected chi connectivity index (χ0v) is 18.8. The van der Waals surface area contributed by atoms with E-state index in [1.807, 2.05) is 0 Å². The molecule has 2 fully saturated rings. The SMILES string of the molecule is c1ccc(-c2ccc(C(COC3CCCCC3)OCCOC3CCCCC3)cc2)cc1. The van der Waals surface area contributed by atoms with Gasteiger partial charge in [0.2, 0.25) is 0 Å². The lowest BCUT2D eigenvalue weighted by Gasteiger charge is -2.26. The van der Waals surface area contributed by atoms with Crippen molar-refractivity contribution in [3.05, 3.63) is 60.2 Å². The van der Waals surface area contributed by atoms with Crippen LogP contribution in [0.2, 0.25) is 0 Å². The topological polar surface area (TPSA) is 27.7 Å². The van der Waals surface area contributed by atoms with E-state index in [1.165, 1.54) is 80.9 Å². The lowest BCUT2D eigenvalue weighted by atomic mass is 9.97. The number of benzene rings is 2. The summed E-state index contributed by atoms with van der Waals surface area (Å²) in [5, 5.41) is 0. The van der Waals surface area contributed by atoms with Crippen LogP contribution in [0, 0.1) is 0 Å². The highest BCUT2D eigenvalue weighted by Gasteiger charge is 2.19. The monoisotopic (exact) mass is 422 g/mol. The maximum Gasteiger partial charge on any atom is 0.106 e. The van der Waals surface area contributed by atoms with Crippen LogP contribution in [0.4, 0.5) is 0 Å². The van der Waals surface area contributed by atoms with E-state index in [1.54, 1.807) is 0 Å². The van der Waals surface area contributed by atoms with Gasteiger partial charge in [0.05, 0.1) is 32.0 Å². The Balaban J connectivity index is 1.33. The highest BCUT2D eigenvalue weighted by molar-refractivity contribution is 5.63. The second-order valence-electron chi connectivity index (χ2n) is 9.07. The fourth-order valence-electron chi connectivity index (χ4n) is 4.85. The van der Waals surface area contributed by atoms with Gasteiger partial charge in [-0.3, -0.25) is 0 Å². The normalized spacial score (nSPS) is 19.4. The molecule has 3 heteroatoms. The minimum absolute atomic E-state index is 0.0401. The molecule has 2 aliphatic rings. The second kappa shape index (κ2) is 12.4. The minimum Gasteiger partial charge on any atom is -0.376 e. The average Bonchev–Trinajstić information content (AvgIpc) is 2.85. The van der Waals surface area contributed by atoms with Crippen LogP contribution in [0.3, 0.4) is 0 Å². The Kier molecular flexibility index (Phi) is 8.99. The second-order valence-corrected chi connectivity index (χ2v) is 9.07. The van der Waals surface area contributed by atoms with E-state index in [0.29, 0.717) is 32.0 Å². The van der Waals surface area contributed by atoms with Crippen molar-refractivity contribution >= 4 is 0 Å². The molecule has 0 bridgehead atoms. The number of hydrogen-bond donors (Lipinski definition) is 0. The van der Waals surface area contributed by atoms with Gasteiger partial charge in [-0.2, -0.15) is 0 Å². The molecule has 2 aromatic rings. The molecule has 0 N–H and O–H groups in total. The summed E-state index contributed by atoms with van der Waals surface area (Å²) in [6.07, 6.45) is 13.4. The van der Waals surface area contributed by atoms with Crippen molar-refractivity contribution in [2.24, 2.45) is 0 Å². The molecule has 0 radical (unpaired) electrons. The van der Waals surface area contributed by atoms with E-state index in [-0.39, 0.29) is 6.10 Å². The van der Waals surface area contributed by atoms with Crippen molar-refractivity contribution in [3.63, 3.8) is 0 Å². The predicted molar refractivity (Wildman–Crippen MR) is 126 cm³/mol. The quantitative estimate of drug-likeness (QED) is 0.382. The highest BCUT2D eigenvalue weighted by Crippen LogP contribution is 2.27. The van der Waals surface area contributed by atoms with Gasteiger partial charge in [-0.25, -0.2) is 0 Å². The molecule has 0 heterocycles. The molecule has 31 heavy (non-hydrogen) atoms. The van der Waals surface area contributed by atoms with Crippen molar-refractivity contribution in [1.82, 2.24) is 0 Å². The Morgan fingerprint density at radius 3 is 1.84 bits per heavy atom. The molecular formula is C28H38O3. The van der Waals surface area contributed by atoms with Crippen LogP contribution in [0.5, 0.6) is 0 Å². The Morgan fingerprint density at radius 1 is 0.613 bits per heavy atom. The van der Waals surface area contributed by atoms with Crippen molar-refractivity contribution in [1.29, 1.82) is 0 Å². The van der Waals surface area contributed by atoms with Gasteiger partial charge in [-0.15, -0.1) is 0 Å². The van der Waals surface area contributed by atoms with Gasteiger partial charge in [0.25, 0.3) is 0 Å². The standard InChI is InChI=1S/C28H38O3/c1-4-10-23(11-5-1)24-16-18-25(19-17-24)28(22-31-27-14-8-3-9-15-27)30-21-20-29-26-12-6-2-7-13-26/h1,4-5,10-11,16-19,26-28H,2-3,6-9,12-15,20-22H2. The first-order valence-corrected chi connectivity index (χ1v) is 12.4. The molecule has 2 aromatic carbocycles. The fraction of sp³-hybridized carbons (Fsp3) is 0.571. The van der Waals surface area contributed by atoms with E-state index >= 15 is 0 Å². The van der Waals surface area contributed by atoms with Crippen LogP contribution in [0.15, 0.2) is 54.6 Å². The summed E-state index contributed by atoms with van der Waals surface area (Å²) in [7, 11) is 0. The van der Waals surface area contributed by atoms with Crippen LogP contribution in [-0.4, -0.2) is 32.0 Å². The molecule has 0 amide bonds. The van der Waals surface area contributed by atoms with Crippen LogP contribution in [-0.2, 0) is 14.2 Å². The molecular weight excluding hydrogens is 384 g/mol. The summed E-state index contributed by atoms with van der Waals surface area (Å²) in [5.74, 6) is 0. The summed E-state index contributed by atoms with van der Waals surface area (Å²) >= 11 is 0. The molecule has 0 saturated heterocycles. The molecule has 2 aliphatic carbocycles. The molecule has 0 aromatic heterocycles. The van der Waals surface area contributed by atoms with Gasteiger partial charge in [0.15, 0.2) is 0 Å². The Hall–Kier alpha value is -1.68. The molecule has 4 rings (SSSR count). The maximum absolute atomic E-state index is 6.31. The lowest BCUT2D eigenvalue weighted by molar-refractivity contribution is -0.0765. The molecule has 168 valence electrons. The van der Waals surface area contributed by atoms with E-state index in [2.05, 4.69) is 54.6 Å². The van der Waals surface area contributed by atoms with Crippen molar-refractivity contribution in [2.45, 2.75) is 82.5 Å². The largest absolute Gasteiger partial charge is 0.376 e. The van der Waals surface area contributed by atoms with E-state index < -0.39 is 0 Å². The van der Waals surface area contributed by atoms with Gasteiger partial charge in [-0.05, 0) is 42.4 Å². The van der Waals surface area contributed by atoms with Gasteiger partial charge >= 0.3 is 0 Å². The van der Waals surface area contributed by atoms with E-state index in [9.17, 15) is 0 Å². The predicted octanol–water partition coefficient (Wildman–Crippen LogP) is 7.11. The maximum atomic E-state index is 6.31. The summed E-state index contributed by atoms with van der Waals surface area (Å²) in [4.78, 5) is 0. The van der Waals surface area contributed by atoms with Crippen LogP contribution >= 0.6 is 0 Å². The third-order valence-electron chi connectivity index (χ3n) is 6.73. The van der Waals surface area contributed by atoms with E-state index in [0.717, 1.165) is 0 Å². The number of rotatable bonds is 10. The first-order chi connectivity index (χ1) is 15.4. The molecule has 0 aliphatic heterocycles. The van der Waals surface area contributed by atoms with Gasteiger partial charge in [0, 0.05) is 0 Å². The van der Waals surface area contributed by atoms with Crippen molar-refractivity contribution < 1.29 is 14.2 Å². The summed E-state index contributed by atoms with van der Waals surface area (Å²) in [5.41, 5.74) is 3.66. The van der Waals surface area contributed by atoms with Gasteiger partial charge < -0.3 is 14.2 Å². The van der Waals surface area contributed by atoms with Gasteiger partial charge in [0.1, 0.15) is 6.10 Å². The van der Waals surface area contributed by atoms with Crippen LogP contribution in [0.25, 0.3) is 11.1 Å². The molecule has 2 saturated carbocycles. The third-order valence-corrected chi connectivity index (χ3v) is 6.73. The molecule has 1 unspecified atom stereocenters. The van der Waals surface area contributed by atoms with Crippen LogP contribution in [0.1, 0.15) is 75.9 Å². The first kappa shape index (κ1) is 22.5. The fourth-order valence-corrected chi connectivity index (χ4v) is 4.85. The van der Waals surface area contributed by atoms with Crippen molar-refractivity contribution in [2.75, 3.05) is 19.8 Å². The number of hydrogen-bond acceptors (Lipinski definition) is 3.